The average molecular weight is 257 g/mol. The van der Waals surface area contributed by atoms with Crippen molar-refractivity contribution < 1.29 is 8.42 Å². The van der Waals surface area contributed by atoms with E-state index < -0.39 is 10.0 Å². The summed E-state index contributed by atoms with van der Waals surface area (Å²) in [5, 5.41) is 3.11. The molecule has 0 saturated carbocycles. The smallest absolute Gasteiger partial charge is 0.240 e. The molecule has 5 nitrogen and oxygen atoms in total. The molecule has 6 heteroatoms. The van der Waals surface area contributed by atoms with Crippen molar-refractivity contribution in [1.29, 1.82) is 0 Å². The van der Waals surface area contributed by atoms with Gasteiger partial charge in [0, 0.05) is 12.6 Å². The molecule has 0 fully saturated rings. The summed E-state index contributed by atoms with van der Waals surface area (Å²) in [6.07, 6.45) is 0. The highest BCUT2D eigenvalue weighted by Gasteiger charge is 2.14. The van der Waals surface area contributed by atoms with Crippen molar-refractivity contribution in [2.45, 2.75) is 31.7 Å². The third-order valence-electron chi connectivity index (χ3n) is 2.11. The van der Waals surface area contributed by atoms with Gasteiger partial charge in [0.2, 0.25) is 10.0 Å². The highest BCUT2D eigenvalue weighted by Crippen LogP contribution is 2.23. The second-order valence-electron chi connectivity index (χ2n) is 4.05. The monoisotopic (exact) mass is 257 g/mol. The molecule has 1 rings (SSSR count). The maximum Gasteiger partial charge on any atom is 0.240 e. The molecular formula is C11H19N3O2S. The van der Waals surface area contributed by atoms with Crippen molar-refractivity contribution in [2.24, 2.45) is 0 Å². The van der Waals surface area contributed by atoms with Crippen molar-refractivity contribution in [3.63, 3.8) is 0 Å². The molecule has 17 heavy (non-hydrogen) atoms. The van der Waals surface area contributed by atoms with Gasteiger partial charge in [-0.05, 0) is 32.0 Å². The van der Waals surface area contributed by atoms with Gasteiger partial charge in [-0.3, -0.25) is 0 Å². The highest BCUT2D eigenvalue weighted by molar-refractivity contribution is 7.89. The van der Waals surface area contributed by atoms with Gasteiger partial charge in [-0.15, -0.1) is 0 Å². The zero-order valence-electron chi connectivity index (χ0n) is 10.3. The van der Waals surface area contributed by atoms with Crippen LogP contribution in [0.25, 0.3) is 0 Å². The standard InChI is InChI=1S/C11H19N3O2S/c1-4-13-17(15,16)9-5-6-10(12)11(7-9)14-8(2)3/h5-8,13-14H,4,12H2,1-3H3. The predicted octanol–water partition coefficient (Wildman–Crippen LogP) is 1.39. The first-order valence-corrected chi connectivity index (χ1v) is 7.01. The van der Waals surface area contributed by atoms with Crippen LogP contribution in [0.1, 0.15) is 20.8 Å². The highest BCUT2D eigenvalue weighted by atomic mass is 32.2. The SMILES string of the molecule is CCNS(=O)(=O)c1ccc(N)c(NC(C)C)c1. The van der Waals surface area contributed by atoms with Crippen molar-refractivity contribution in [3.05, 3.63) is 18.2 Å². The van der Waals surface area contributed by atoms with E-state index in [1.165, 1.54) is 6.07 Å². The van der Waals surface area contributed by atoms with Gasteiger partial charge in [0.1, 0.15) is 0 Å². The third-order valence-corrected chi connectivity index (χ3v) is 3.66. The molecule has 0 bridgehead atoms. The van der Waals surface area contributed by atoms with Gasteiger partial charge in [0.25, 0.3) is 0 Å². The number of anilines is 2. The Morgan fingerprint density at radius 3 is 2.53 bits per heavy atom. The third kappa shape index (κ3) is 3.61. The summed E-state index contributed by atoms with van der Waals surface area (Å²) in [5.41, 5.74) is 6.95. The molecule has 0 unspecified atom stereocenters. The summed E-state index contributed by atoms with van der Waals surface area (Å²) >= 11 is 0. The van der Waals surface area contributed by atoms with E-state index in [2.05, 4.69) is 10.0 Å². The molecule has 0 radical (unpaired) electrons. The molecule has 1 aromatic carbocycles. The number of hydrogen-bond acceptors (Lipinski definition) is 4. The number of benzene rings is 1. The minimum atomic E-state index is -3.43. The lowest BCUT2D eigenvalue weighted by atomic mass is 10.2. The number of hydrogen-bond donors (Lipinski definition) is 3. The first-order chi connectivity index (χ1) is 7.86. The molecule has 0 aliphatic carbocycles. The lowest BCUT2D eigenvalue weighted by Crippen LogP contribution is -2.23. The molecule has 0 aliphatic heterocycles. The molecule has 0 heterocycles. The molecule has 0 saturated heterocycles. The van der Waals surface area contributed by atoms with Gasteiger partial charge in [-0.2, -0.15) is 0 Å². The Kier molecular flexibility index (Phi) is 4.36. The lowest BCUT2D eigenvalue weighted by Gasteiger charge is -2.14. The largest absolute Gasteiger partial charge is 0.397 e. The molecule has 96 valence electrons. The maximum absolute atomic E-state index is 11.8. The van der Waals surface area contributed by atoms with E-state index >= 15 is 0 Å². The Morgan fingerprint density at radius 1 is 1.35 bits per heavy atom. The van der Waals surface area contributed by atoms with Gasteiger partial charge >= 0.3 is 0 Å². The van der Waals surface area contributed by atoms with E-state index in [0.717, 1.165) is 0 Å². The topological polar surface area (TPSA) is 84.2 Å². The van der Waals surface area contributed by atoms with E-state index in [1.54, 1.807) is 19.1 Å². The fourth-order valence-corrected chi connectivity index (χ4v) is 2.48. The van der Waals surface area contributed by atoms with Crippen molar-refractivity contribution in [3.8, 4) is 0 Å². The van der Waals surface area contributed by atoms with Gasteiger partial charge in [-0.1, -0.05) is 6.92 Å². The summed E-state index contributed by atoms with van der Waals surface area (Å²) in [4.78, 5) is 0.219. The van der Waals surface area contributed by atoms with Crippen LogP contribution >= 0.6 is 0 Å². The van der Waals surface area contributed by atoms with Gasteiger partial charge < -0.3 is 11.1 Å². The number of nitrogens with one attached hydrogen (secondary N) is 2. The fraction of sp³-hybridized carbons (Fsp3) is 0.455. The number of nitrogen functional groups attached to an aromatic ring is 1. The van der Waals surface area contributed by atoms with E-state index in [0.29, 0.717) is 17.9 Å². The first-order valence-electron chi connectivity index (χ1n) is 5.52. The summed E-state index contributed by atoms with van der Waals surface area (Å²) in [5.74, 6) is 0. The Labute approximate surface area is 102 Å². The Balaban J connectivity index is 3.12. The van der Waals surface area contributed by atoms with Crippen LogP contribution in [0.15, 0.2) is 23.1 Å². The quantitative estimate of drug-likeness (QED) is 0.696. The molecule has 0 spiro atoms. The summed E-state index contributed by atoms with van der Waals surface area (Å²) in [7, 11) is -3.43. The molecule has 0 aliphatic rings. The number of nitrogens with two attached hydrogens (primary N) is 1. The van der Waals surface area contributed by atoms with Crippen LogP contribution in [-0.2, 0) is 10.0 Å². The molecule has 4 N–H and O–H groups in total. The van der Waals surface area contributed by atoms with Crippen molar-refractivity contribution in [2.75, 3.05) is 17.6 Å². The van der Waals surface area contributed by atoms with Crippen LogP contribution in [0.5, 0.6) is 0 Å². The minimum Gasteiger partial charge on any atom is -0.397 e. The zero-order chi connectivity index (χ0) is 13.1. The number of rotatable bonds is 5. The van der Waals surface area contributed by atoms with Crippen LogP contribution in [0.2, 0.25) is 0 Å². The van der Waals surface area contributed by atoms with Gasteiger partial charge in [0.15, 0.2) is 0 Å². The lowest BCUT2D eigenvalue weighted by molar-refractivity contribution is 0.584. The van der Waals surface area contributed by atoms with Crippen molar-refractivity contribution in [1.82, 2.24) is 4.72 Å². The predicted molar refractivity (Wildman–Crippen MR) is 70.5 cm³/mol. The van der Waals surface area contributed by atoms with E-state index in [1.807, 2.05) is 13.8 Å². The van der Waals surface area contributed by atoms with Crippen LogP contribution in [0.4, 0.5) is 11.4 Å². The van der Waals surface area contributed by atoms with Crippen LogP contribution in [-0.4, -0.2) is 21.0 Å². The van der Waals surface area contributed by atoms with E-state index in [-0.39, 0.29) is 10.9 Å². The summed E-state index contributed by atoms with van der Waals surface area (Å²) in [6.45, 7) is 6.03. The van der Waals surface area contributed by atoms with Gasteiger partial charge in [-0.25, -0.2) is 13.1 Å². The second kappa shape index (κ2) is 5.37. The molecule has 0 amide bonds. The normalized spacial score (nSPS) is 11.8. The summed E-state index contributed by atoms with van der Waals surface area (Å²) < 4.78 is 26.0. The molecule has 1 aromatic rings. The Hall–Kier alpha value is -1.27. The van der Waals surface area contributed by atoms with Crippen LogP contribution in [0.3, 0.4) is 0 Å². The zero-order valence-corrected chi connectivity index (χ0v) is 11.1. The molecular weight excluding hydrogens is 238 g/mol. The maximum atomic E-state index is 11.8. The Morgan fingerprint density at radius 2 is 2.00 bits per heavy atom. The van der Waals surface area contributed by atoms with Gasteiger partial charge in [0.05, 0.1) is 16.3 Å². The molecule has 0 aromatic heterocycles. The van der Waals surface area contributed by atoms with Crippen molar-refractivity contribution >= 4 is 21.4 Å². The second-order valence-corrected chi connectivity index (χ2v) is 5.82. The van der Waals surface area contributed by atoms with Crippen LogP contribution in [0, 0.1) is 0 Å². The fourth-order valence-electron chi connectivity index (χ4n) is 1.41. The number of sulfonamides is 1. The first kappa shape index (κ1) is 13.8. The Bertz CT molecular complexity index is 483. The minimum absolute atomic E-state index is 0.189. The summed E-state index contributed by atoms with van der Waals surface area (Å²) in [6, 6.07) is 4.83. The van der Waals surface area contributed by atoms with E-state index in [4.69, 9.17) is 5.73 Å². The average Bonchev–Trinajstić information content (AvgIpc) is 2.20. The van der Waals surface area contributed by atoms with E-state index in [9.17, 15) is 8.42 Å². The molecule has 0 atom stereocenters. The van der Waals surface area contributed by atoms with Crippen LogP contribution < -0.4 is 15.8 Å².